The topological polar surface area (TPSA) is 12.4 Å². The fourth-order valence-electron chi connectivity index (χ4n) is 6.73. The van der Waals surface area contributed by atoms with Crippen LogP contribution in [0.15, 0.2) is 126 Å². The standard InChI is InChI=1S/C37H27N/c1-3-11-24(12-4-1)26-21-27(25-13-5-2-6-14-25)23-28(22-26)34-29-15-7-8-16-30(29)36-35-31(17-9-18-33(34)35)32-19-10-20-38-37(32)36/h1,3-5,7-18,20-23,32H,2,6,19H2. The minimum atomic E-state index is 0.348. The van der Waals surface area contributed by atoms with E-state index in [-0.39, 0.29) is 0 Å². The molecule has 1 heteroatoms. The van der Waals surface area contributed by atoms with Gasteiger partial charge in [-0.15, -0.1) is 0 Å². The Labute approximate surface area is 223 Å². The number of benzene rings is 5. The lowest BCUT2D eigenvalue weighted by atomic mass is 9.86. The summed E-state index contributed by atoms with van der Waals surface area (Å²) in [5.41, 5.74) is 11.7. The molecule has 0 aromatic heterocycles. The Morgan fingerprint density at radius 1 is 0.605 bits per heavy atom. The summed E-state index contributed by atoms with van der Waals surface area (Å²) in [5.74, 6) is 0.348. The van der Waals surface area contributed by atoms with Crippen LogP contribution in [0.3, 0.4) is 0 Å². The summed E-state index contributed by atoms with van der Waals surface area (Å²) in [4.78, 5) is 4.93. The monoisotopic (exact) mass is 485 g/mol. The van der Waals surface area contributed by atoms with E-state index in [9.17, 15) is 0 Å². The maximum Gasteiger partial charge on any atom is 0.0566 e. The highest BCUT2D eigenvalue weighted by molar-refractivity contribution is 6.31. The summed E-state index contributed by atoms with van der Waals surface area (Å²) < 4.78 is 0. The predicted molar refractivity (Wildman–Crippen MR) is 162 cm³/mol. The van der Waals surface area contributed by atoms with E-state index in [1.54, 1.807) is 0 Å². The van der Waals surface area contributed by atoms with Crippen LogP contribution in [0.25, 0.3) is 49.4 Å². The van der Waals surface area contributed by atoms with Gasteiger partial charge in [-0.05, 0) is 98.0 Å². The van der Waals surface area contributed by atoms with Crippen molar-refractivity contribution in [3.8, 4) is 22.3 Å². The average molecular weight is 486 g/mol. The lowest BCUT2D eigenvalue weighted by molar-refractivity contribution is 0.912. The SMILES string of the molecule is C1=CC(c2cc(-c3ccccc3)cc(-c3c4ccccc4c4c5c(cccc35)C3CC=CN=C43)c2)=CCC1. The van der Waals surface area contributed by atoms with Gasteiger partial charge < -0.3 is 0 Å². The fraction of sp³-hybridized carbons (Fsp3) is 0.108. The van der Waals surface area contributed by atoms with E-state index in [1.807, 2.05) is 6.20 Å². The molecule has 0 saturated carbocycles. The smallest absolute Gasteiger partial charge is 0.0566 e. The van der Waals surface area contributed by atoms with Gasteiger partial charge in [-0.1, -0.05) is 97.1 Å². The van der Waals surface area contributed by atoms with Crippen molar-refractivity contribution in [3.05, 3.63) is 138 Å². The molecule has 38 heavy (non-hydrogen) atoms. The minimum Gasteiger partial charge on any atom is -0.260 e. The normalized spacial score (nSPS) is 17.5. The van der Waals surface area contributed by atoms with E-state index in [1.165, 1.54) is 71.8 Å². The molecule has 0 radical (unpaired) electrons. The van der Waals surface area contributed by atoms with Gasteiger partial charge in [0.1, 0.15) is 0 Å². The number of hydrogen-bond donors (Lipinski definition) is 0. The van der Waals surface area contributed by atoms with Gasteiger partial charge in [0.25, 0.3) is 0 Å². The molecular weight excluding hydrogens is 458 g/mol. The molecule has 0 fully saturated rings. The van der Waals surface area contributed by atoms with Gasteiger partial charge in [0.05, 0.1) is 5.71 Å². The van der Waals surface area contributed by atoms with Gasteiger partial charge in [0.2, 0.25) is 0 Å². The third-order valence-corrected chi connectivity index (χ3v) is 8.39. The zero-order valence-electron chi connectivity index (χ0n) is 21.2. The molecule has 8 rings (SSSR count). The summed E-state index contributed by atoms with van der Waals surface area (Å²) in [6.07, 6.45) is 14.4. The Morgan fingerprint density at radius 3 is 2.21 bits per heavy atom. The summed E-state index contributed by atoms with van der Waals surface area (Å²) in [6, 6.07) is 33.8. The summed E-state index contributed by atoms with van der Waals surface area (Å²) in [7, 11) is 0. The highest BCUT2D eigenvalue weighted by Gasteiger charge is 2.34. The largest absolute Gasteiger partial charge is 0.260 e. The van der Waals surface area contributed by atoms with Crippen LogP contribution in [0, 0.1) is 0 Å². The molecule has 5 aromatic carbocycles. The van der Waals surface area contributed by atoms with Crippen molar-refractivity contribution in [3.63, 3.8) is 0 Å². The van der Waals surface area contributed by atoms with Crippen molar-refractivity contribution >= 4 is 32.8 Å². The Kier molecular flexibility index (Phi) is 4.85. The van der Waals surface area contributed by atoms with Gasteiger partial charge in [0.15, 0.2) is 0 Å². The van der Waals surface area contributed by atoms with E-state index in [4.69, 9.17) is 4.99 Å². The van der Waals surface area contributed by atoms with Crippen molar-refractivity contribution < 1.29 is 0 Å². The van der Waals surface area contributed by atoms with Crippen molar-refractivity contribution in [2.24, 2.45) is 4.99 Å². The Hall–Kier alpha value is -4.49. The summed E-state index contributed by atoms with van der Waals surface area (Å²) in [6.45, 7) is 0. The predicted octanol–water partition coefficient (Wildman–Crippen LogP) is 9.86. The molecule has 0 saturated heterocycles. The fourth-order valence-corrected chi connectivity index (χ4v) is 6.73. The van der Waals surface area contributed by atoms with Crippen LogP contribution in [0.4, 0.5) is 0 Å². The van der Waals surface area contributed by atoms with Crippen LogP contribution in [-0.2, 0) is 0 Å². The Morgan fingerprint density at radius 2 is 1.37 bits per heavy atom. The summed E-state index contributed by atoms with van der Waals surface area (Å²) in [5, 5.41) is 5.33. The second-order valence-corrected chi connectivity index (χ2v) is 10.6. The highest BCUT2D eigenvalue weighted by atomic mass is 14.7. The first-order valence-electron chi connectivity index (χ1n) is 13.7. The molecule has 0 amide bonds. The number of rotatable bonds is 3. The molecule has 1 unspecified atom stereocenters. The van der Waals surface area contributed by atoms with Crippen LogP contribution in [0.1, 0.15) is 41.9 Å². The molecule has 1 heterocycles. The van der Waals surface area contributed by atoms with Gasteiger partial charge in [0, 0.05) is 17.7 Å². The molecule has 1 nitrogen and oxygen atoms in total. The maximum absolute atomic E-state index is 4.93. The average Bonchev–Trinajstić information content (AvgIpc) is 3.34. The Balaban J connectivity index is 1.48. The van der Waals surface area contributed by atoms with Gasteiger partial charge in [-0.25, -0.2) is 0 Å². The number of aliphatic imine (C=N–C) groups is 1. The lowest BCUT2D eigenvalue weighted by Crippen LogP contribution is -2.09. The molecule has 5 aromatic rings. The highest BCUT2D eigenvalue weighted by Crippen LogP contribution is 2.49. The van der Waals surface area contributed by atoms with Gasteiger partial charge >= 0.3 is 0 Å². The van der Waals surface area contributed by atoms with E-state index in [2.05, 4.69) is 115 Å². The zero-order chi connectivity index (χ0) is 25.1. The van der Waals surface area contributed by atoms with E-state index < -0.39 is 0 Å². The van der Waals surface area contributed by atoms with E-state index >= 15 is 0 Å². The quantitative estimate of drug-likeness (QED) is 0.226. The second-order valence-electron chi connectivity index (χ2n) is 10.6. The Bertz CT molecular complexity index is 1880. The molecular formula is C37H27N. The lowest BCUT2D eigenvalue weighted by Gasteiger charge is -2.18. The first-order valence-corrected chi connectivity index (χ1v) is 13.7. The third kappa shape index (κ3) is 3.22. The van der Waals surface area contributed by atoms with Crippen molar-refractivity contribution in [2.75, 3.05) is 0 Å². The third-order valence-electron chi connectivity index (χ3n) is 8.39. The number of nitrogens with zero attached hydrogens (tertiary/aromatic N) is 1. The van der Waals surface area contributed by atoms with Crippen LogP contribution in [-0.4, -0.2) is 5.71 Å². The van der Waals surface area contributed by atoms with Gasteiger partial charge in [-0.2, -0.15) is 0 Å². The molecule has 2 aliphatic carbocycles. The number of fused-ring (bicyclic) bond motifs is 5. The first-order chi connectivity index (χ1) is 18.9. The molecule has 1 atom stereocenters. The van der Waals surface area contributed by atoms with Gasteiger partial charge in [-0.3, -0.25) is 4.99 Å². The second kappa shape index (κ2) is 8.53. The van der Waals surface area contributed by atoms with E-state index in [0.29, 0.717) is 5.92 Å². The van der Waals surface area contributed by atoms with Crippen LogP contribution in [0.5, 0.6) is 0 Å². The molecule has 0 spiro atoms. The maximum atomic E-state index is 4.93. The van der Waals surface area contributed by atoms with Crippen molar-refractivity contribution in [1.82, 2.24) is 0 Å². The number of hydrogen-bond acceptors (Lipinski definition) is 1. The molecule has 3 aliphatic rings. The van der Waals surface area contributed by atoms with Crippen LogP contribution < -0.4 is 0 Å². The summed E-state index contributed by atoms with van der Waals surface area (Å²) >= 11 is 0. The van der Waals surface area contributed by atoms with Crippen LogP contribution >= 0.6 is 0 Å². The molecule has 0 N–H and O–H groups in total. The molecule has 0 bridgehead atoms. The zero-order valence-corrected chi connectivity index (χ0v) is 21.2. The number of allylic oxidation sites excluding steroid dienone is 5. The molecule has 180 valence electrons. The van der Waals surface area contributed by atoms with Crippen molar-refractivity contribution in [2.45, 2.75) is 25.2 Å². The van der Waals surface area contributed by atoms with Crippen LogP contribution in [0.2, 0.25) is 0 Å². The van der Waals surface area contributed by atoms with E-state index in [0.717, 1.165) is 19.3 Å². The first kappa shape index (κ1) is 21.6. The minimum absolute atomic E-state index is 0.348. The molecule has 1 aliphatic heterocycles. The van der Waals surface area contributed by atoms with Crippen molar-refractivity contribution in [1.29, 1.82) is 0 Å².